The zero-order chi connectivity index (χ0) is 12.3. The van der Waals surface area contributed by atoms with Gasteiger partial charge in [-0.1, -0.05) is 11.6 Å². The van der Waals surface area contributed by atoms with Gasteiger partial charge in [0.15, 0.2) is 5.76 Å². The van der Waals surface area contributed by atoms with Crippen LogP contribution in [0.4, 0.5) is 0 Å². The summed E-state index contributed by atoms with van der Waals surface area (Å²) in [5.74, 6) is -0.00218. The van der Waals surface area contributed by atoms with Crippen LogP contribution in [0.5, 0.6) is 0 Å². The van der Waals surface area contributed by atoms with Gasteiger partial charge in [0.1, 0.15) is 5.58 Å². The fraction of sp³-hybridized carbons (Fsp3) is 0.231. The molecule has 0 atom stereocenters. The summed E-state index contributed by atoms with van der Waals surface area (Å²) in [6, 6.07) is 9.42. The van der Waals surface area contributed by atoms with Gasteiger partial charge in [-0.05, 0) is 25.1 Å². The lowest BCUT2D eigenvalue weighted by molar-refractivity contribution is 0.0929. The second-order valence-electron chi connectivity index (χ2n) is 3.82. The van der Waals surface area contributed by atoms with Crippen molar-refractivity contribution in [3.05, 3.63) is 35.6 Å². The Bertz CT molecular complexity index is 593. The summed E-state index contributed by atoms with van der Waals surface area (Å²) in [6.07, 6.45) is 0.297. The largest absolute Gasteiger partial charge is 0.451 e. The molecule has 0 aliphatic carbocycles. The molecule has 0 unspecified atom stereocenters. The summed E-state index contributed by atoms with van der Waals surface area (Å²) in [6.45, 7) is 2.32. The normalized spacial score (nSPS) is 10.1. The number of aryl methyl sites for hydroxylation is 1. The number of hydrogen-bond donors (Lipinski definition) is 1. The lowest BCUT2D eigenvalue weighted by Gasteiger charge is -1.97. The summed E-state index contributed by atoms with van der Waals surface area (Å²) >= 11 is 0. The average Bonchev–Trinajstić information content (AvgIpc) is 2.72. The summed E-state index contributed by atoms with van der Waals surface area (Å²) in [5.41, 5.74) is 1.82. The van der Waals surface area contributed by atoms with E-state index in [1.165, 1.54) is 0 Å². The van der Waals surface area contributed by atoms with E-state index in [1.54, 1.807) is 6.07 Å². The quantitative estimate of drug-likeness (QED) is 0.820. The number of rotatable bonds is 3. The van der Waals surface area contributed by atoms with E-state index in [-0.39, 0.29) is 11.7 Å². The monoisotopic (exact) mass is 228 g/mol. The van der Waals surface area contributed by atoms with Gasteiger partial charge < -0.3 is 9.73 Å². The molecule has 17 heavy (non-hydrogen) atoms. The van der Waals surface area contributed by atoms with Crippen molar-refractivity contribution in [2.45, 2.75) is 13.3 Å². The van der Waals surface area contributed by atoms with Gasteiger partial charge in [0, 0.05) is 11.9 Å². The molecule has 0 spiro atoms. The van der Waals surface area contributed by atoms with Crippen LogP contribution < -0.4 is 5.32 Å². The van der Waals surface area contributed by atoms with Gasteiger partial charge in [0.25, 0.3) is 5.91 Å². The van der Waals surface area contributed by atoms with E-state index in [9.17, 15) is 4.79 Å². The highest BCUT2D eigenvalue weighted by Crippen LogP contribution is 2.20. The smallest absolute Gasteiger partial charge is 0.287 e. The zero-order valence-corrected chi connectivity index (χ0v) is 9.49. The molecule has 1 amide bonds. The minimum atomic E-state index is -0.283. The first-order valence-electron chi connectivity index (χ1n) is 5.36. The molecule has 0 bridgehead atoms. The maximum absolute atomic E-state index is 11.7. The van der Waals surface area contributed by atoms with E-state index >= 15 is 0 Å². The number of carbonyl (C=O) groups is 1. The molecule has 4 nitrogen and oxygen atoms in total. The Kier molecular flexibility index (Phi) is 3.10. The molecule has 1 N–H and O–H groups in total. The van der Waals surface area contributed by atoms with E-state index in [1.807, 2.05) is 31.2 Å². The highest BCUT2D eigenvalue weighted by molar-refractivity contribution is 5.96. The van der Waals surface area contributed by atoms with Crippen molar-refractivity contribution in [1.82, 2.24) is 5.32 Å². The molecule has 0 aliphatic rings. The van der Waals surface area contributed by atoms with Crippen LogP contribution in [0.2, 0.25) is 0 Å². The Morgan fingerprint density at radius 2 is 2.29 bits per heavy atom. The lowest BCUT2D eigenvalue weighted by atomic mass is 10.2. The first-order valence-corrected chi connectivity index (χ1v) is 5.36. The van der Waals surface area contributed by atoms with Gasteiger partial charge in [-0.2, -0.15) is 5.26 Å². The topological polar surface area (TPSA) is 66.0 Å². The molecule has 0 saturated carbocycles. The van der Waals surface area contributed by atoms with Crippen LogP contribution in [0.3, 0.4) is 0 Å². The highest BCUT2D eigenvalue weighted by Gasteiger charge is 2.11. The highest BCUT2D eigenvalue weighted by atomic mass is 16.3. The van der Waals surface area contributed by atoms with Crippen LogP contribution in [0.1, 0.15) is 22.5 Å². The van der Waals surface area contributed by atoms with Gasteiger partial charge in [0.05, 0.1) is 12.5 Å². The number of nitriles is 1. The molecule has 1 aromatic carbocycles. The lowest BCUT2D eigenvalue weighted by Crippen LogP contribution is -2.23. The summed E-state index contributed by atoms with van der Waals surface area (Å²) in [5, 5.41) is 11.9. The number of amides is 1. The van der Waals surface area contributed by atoms with Crippen molar-refractivity contribution in [3.63, 3.8) is 0 Å². The van der Waals surface area contributed by atoms with Crippen LogP contribution in [0, 0.1) is 18.3 Å². The maximum Gasteiger partial charge on any atom is 0.287 e. The number of fused-ring (bicyclic) bond motifs is 1. The van der Waals surface area contributed by atoms with Crippen molar-refractivity contribution in [2.75, 3.05) is 6.54 Å². The van der Waals surface area contributed by atoms with Crippen molar-refractivity contribution in [3.8, 4) is 6.07 Å². The van der Waals surface area contributed by atoms with E-state index in [2.05, 4.69) is 5.32 Å². The fourth-order valence-electron chi connectivity index (χ4n) is 1.59. The SMILES string of the molecule is Cc1ccc2oc(C(=O)NCCC#N)cc2c1. The first kappa shape index (κ1) is 11.2. The van der Waals surface area contributed by atoms with Crippen LogP contribution in [0.15, 0.2) is 28.7 Å². The second kappa shape index (κ2) is 4.71. The number of benzene rings is 1. The average molecular weight is 228 g/mol. The van der Waals surface area contributed by atoms with Gasteiger partial charge in [0.2, 0.25) is 0 Å². The number of hydrogen-bond acceptors (Lipinski definition) is 3. The Hall–Kier alpha value is -2.28. The molecule has 86 valence electrons. The second-order valence-corrected chi connectivity index (χ2v) is 3.82. The summed E-state index contributed by atoms with van der Waals surface area (Å²) in [7, 11) is 0. The Morgan fingerprint density at radius 1 is 1.47 bits per heavy atom. The minimum absolute atomic E-state index is 0.281. The molecule has 0 radical (unpaired) electrons. The fourth-order valence-corrected chi connectivity index (χ4v) is 1.59. The molecule has 0 saturated heterocycles. The van der Waals surface area contributed by atoms with Crippen molar-refractivity contribution in [1.29, 1.82) is 5.26 Å². The summed E-state index contributed by atoms with van der Waals surface area (Å²) in [4.78, 5) is 11.7. The molecule has 4 heteroatoms. The van der Waals surface area contributed by atoms with E-state index in [0.29, 0.717) is 18.5 Å². The van der Waals surface area contributed by atoms with Crippen molar-refractivity contribution in [2.24, 2.45) is 0 Å². The predicted octanol–water partition coefficient (Wildman–Crippen LogP) is 2.38. The van der Waals surface area contributed by atoms with Gasteiger partial charge in [-0.25, -0.2) is 0 Å². The standard InChI is InChI=1S/C13H12N2O2/c1-9-3-4-11-10(7-9)8-12(17-11)13(16)15-6-2-5-14/h3-4,7-8H,2,6H2,1H3,(H,15,16). The van der Waals surface area contributed by atoms with Crippen molar-refractivity contribution >= 4 is 16.9 Å². The number of nitrogens with one attached hydrogen (secondary N) is 1. The third-order valence-corrected chi connectivity index (χ3v) is 2.42. The third kappa shape index (κ3) is 2.45. The molecule has 2 rings (SSSR count). The Labute approximate surface area is 98.8 Å². The van der Waals surface area contributed by atoms with Crippen LogP contribution >= 0.6 is 0 Å². The molecule has 1 heterocycles. The van der Waals surface area contributed by atoms with Gasteiger partial charge in [-0.15, -0.1) is 0 Å². The summed E-state index contributed by atoms with van der Waals surface area (Å²) < 4.78 is 5.42. The molecule has 0 aliphatic heterocycles. The van der Waals surface area contributed by atoms with Crippen LogP contribution in [0.25, 0.3) is 11.0 Å². The van der Waals surface area contributed by atoms with Crippen LogP contribution in [-0.2, 0) is 0 Å². The number of furan rings is 1. The Balaban J connectivity index is 2.19. The van der Waals surface area contributed by atoms with Crippen LogP contribution in [-0.4, -0.2) is 12.5 Å². The predicted molar refractivity (Wildman–Crippen MR) is 63.5 cm³/mol. The number of nitrogens with zero attached hydrogens (tertiary/aromatic N) is 1. The molecular formula is C13H12N2O2. The van der Waals surface area contributed by atoms with Gasteiger partial charge in [-0.3, -0.25) is 4.79 Å². The Morgan fingerprint density at radius 3 is 3.06 bits per heavy atom. The van der Waals surface area contributed by atoms with Gasteiger partial charge >= 0.3 is 0 Å². The van der Waals surface area contributed by atoms with E-state index < -0.39 is 0 Å². The minimum Gasteiger partial charge on any atom is -0.451 e. The van der Waals surface area contributed by atoms with Crippen molar-refractivity contribution < 1.29 is 9.21 Å². The molecular weight excluding hydrogens is 216 g/mol. The maximum atomic E-state index is 11.7. The molecule has 2 aromatic rings. The first-order chi connectivity index (χ1) is 8.20. The third-order valence-electron chi connectivity index (χ3n) is 2.42. The molecule has 1 aromatic heterocycles. The zero-order valence-electron chi connectivity index (χ0n) is 9.49. The molecule has 0 fully saturated rings. The van der Waals surface area contributed by atoms with E-state index in [4.69, 9.17) is 9.68 Å². The van der Waals surface area contributed by atoms with E-state index in [0.717, 1.165) is 10.9 Å². The number of carbonyl (C=O) groups excluding carboxylic acids is 1.